The van der Waals surface area contributed by atoms with Crippen molar-refractivity contribution in [2.75, 3.05) is 5.32 Å². The molecule has 1 aliphatic carbocycles. The molecule has 0 aliphatic heterocycles. The monoisotopic (exact) mass is 218 g/mol. The summed E-state index contributed by atoms with van der Waals surface area (Å²) in [6, 6.07) is 1.54. The summed E-state index contributed by atoms with van der Waals surface area (Å²) in [7, 11) is 0. The summed E-state index contributed by atoms with van der Waals surface area (Å²) in [4.78, 5) is 3.81. The van der Waals surface area contributed by atoms with Crippen molar-refractivity contribution >= 4 is 17.3 Å². The van der Waals surface area contributed by atoms with Crippen LogP contribution in [0.15, 0.2) is 18.5 Å². The molecule has 76 valence electrons. The Kier molecular flexibility index (Phi) is 2.54. The number of nitrogens with zero attached hydrogens (tertiary/aromatic N) is 1. The van der Waals surface area contributed by atoms with Gasteiger partial charge < -0.3 is 5.32 Å². The van der Waals surface area contributed by atoms with Gasteiger partial charge in [-0.1, -0.05) is 11.6 Å². The molecule has 5 heteroatoms. The lowest BCUT2D eigenvalue weighted by Gasteiger charge is -2.06. The van der Waals surface area contributed by atoms with Crippen LogP contribution in [0.3, 0.4) is 0 Å². The Balaban J connectivity index is 1.97. The van der Waals surface area contributed by atoms with Gasteiger partial charge in [-0.2, -0.15) is 0 Å². The molecule has 0 saturated heterocycles. The predicted octanol–water partition coefficient (Wildman–Crippen LogP) is 2.80. The number of pyridine rings is 1. The highest BCUT2D eigenvalue weighted by Crippen LogP contribution is 2.39. The molecule has 1 N–H and O–H groups in total. The van der Waals surface area contributed by atoms with E-state index in [1.165, 1.54) is 6.20 Å². The molecule has 2 nitrogen and oxygen atoms in total. The van der Waals surface area contributed by atoms with Crippen molar-refractivity contribution in [2.45, 2.75) is 18.9 Å². The average Bonchev–Trinajstić information content (AvgIpc) is 2.88. The van der Waals surface area contributed by atoms with Crippen LogP contribution in [-0.2, 0) is 0 Å². The molecule has 1 aromatic heterocycles. The van der Waals surface area contributed by atoms with Gasteiger partial charge in [-0.3, -0.25) is 4.98 Å². The molecular weight excluding hydrogens is 210 g/mol. The Labute approximate surface area is 85.3 Å². The Morgan fingerprint density at radius 1 is 1.57 bits per heavy atom. The van der Waals surface area contributed by atoms with Gasteiger partial charge in [-0.15, -0.1) is 0 Å². The first-order valence-electron chi connectivity index (χ1n) is 4.32. The molecule has 0 aromatic carbocycles. The van der Waals surface area contributed by atoms with Crippen molar-refractivity contribution in [3.05, 3.63) is 23.5 Å². The van der Waals surface area contributed by atoms with E-state index < -0.39 is 12.3 Å². The fourth-order valence-corrected chi connectivity index (χ4v) is 1.52. The van der Waals surface area contributed by atoms with E-state index in [-0.39, 0.29) is 6.04 Å². The minimum Gasteiger partial charge on any atom is -0.381 e. The van der Waals surface area contributed by atoms with Crippen molar-refractivity contribution in [1.82, 2.24) is 4.98 Å². The minimum absolute atomic E-state index is 0.144. The van der Waals surface area contributed by atoms with Crippen LogP contribution in [0.2, 0.25) is 5.02 Å². The smallest absolute Gasteiger partial charge is 0.243 e. The minimum atomic E-state index is -2.24. The second kappa shape index (κ2) is 3.69. The first-order chi connectivity index (χ1) is 6.68. The first kappa shape index (κ1) is 9.65. The summed E-state index contributed by atoms with van der Waals surface area (Å²) in [6.07, 6.45) is 1.33. The molecule has 0 unspecified atom stereocenters. The quantitative estimate of drug-likeness (QED) is 0.844. The van der Waals surface area contributed by atoms with E-state index in [4.69, 9.17) is 11.6 Å². The number of anilines is 1. The van der Waals surface area contributed by atoms with Crippen LogP contribution in [0, 0.1) is 5.92 Å². The maximum atomic E-state index is 12.2. The number of alkyl halides is 2. The Hall–Kier alpha value is -0.900. The average molecular weight is 219 g/mol. The topological polar surface area (TPSA) is 24.9 Å². The molecule has 0 amide bonds. The first-order valence-corrected chi connectivity index (χ1v) is 4.70. The summed E-state index contributed by atoms with van der Waals surface area (Å²) >= 11 is 5.81. The summed E-state index contributed by atoms with van der Waals surface area (Å²) < 4.78 is 24.4. The van der Waals surface area contributed by atoms with Crippen molar-refractivity contribution in [2.24, 2.45) is 5.92 Å². The van der Waals surface area contributed by atoms with Crippen molar-refractivity contribution < 1.29 is 8.78 Å². The Bertz CT molecular complexity index is 332. The van der Waals surface area contributed by atoms with E-state index >= 15 is 0 Å². The van der Waals surface area contributed by atoms with Gasteiger partial charge in [0, 0.05) is 24.4 Å². The number of hydrogen-bond donors (Lipinski definition) is 1. The predicted molar refractivity (Wildman–Crippen MR) is 50.8 cm³/mol. The summed E-state index contributed by atoms with van der Waals surface area (Å²) in [5, 5.41) is 3.43. The van der Waals surface area contributed by atoms with E-state index in [1.807, 2.05) is 0 Å². The normalized spacial score (nSPS) is 25.1. The molecule has 1 heterocycles. The van der Waals surface area contributed by atoms with Crippen LogP contribution in [0.25, 0.3) is 0 Å². The fourth-order valence-electron chi connectivity index (χ4n) is 1.35. The van der Waals surface area contributed by atoms with Crippen LogP contribution < -0.4 is 5.32 Å². The van der Waals surface area contributed by atoms with Crippen molar-refractivity contribution in [3.63, 3.8) is 0 Å². The van der Waals surface area contributed by atoms with Gasteiger partial charge in [0.15, 0.2) is 0 Å². The highest BCUT2D eigenvalue weighted by atomic mass is 35.5. The van der Waals surface area contributed by atoms with Crippen LogP contribution >= 0.6 is 11.6 Å². The highest BCUT2D eigenvalue weighted by Gasteiger charge is 2.44. The number of aromatic nitrogens is 1. The van der Waals surface area contributed by atoms with Gasteiger partial charge in [0.1, 0.15) is 0 Å². The van der Waals surface area contributed by atoms with E-state index in [9.17, 15) is 8.78 Å². The van der Waals surface area contributed by atoms with Crippen LogP contribution in [0.1, 0.15) is 6.42 Å². The molecule has 0 spiro atoms. The highest BCUT2D eigenvalue weighted by molar-refractivity contribution is 6.33. The molecule has 1 saturated carbocycles. The second-order valence-corrected chi connectivity index (χ2v) is 3.75. The standard InChI is InChI=1S/C9H9ClF2N2/c10-6-4-13-2-1-7(6)14-8-3-5(8)9(11)12/h1-2,4-5,8-9H,3H2,(H,13,14)/t5-,8-/m0/s1. The molecule has 0 radical (unpaired) electrons. The van der Waals surface area contributed by atoms with E-state index in [1.54, 1.807) is 12.3 Å². The van der Waals surface area contributed by atoms with E-state index in [2.05, 4.69) is 10.3 Å². The Morgan fingerprint density at radius 2 is 2.36 bits per heavy atom. The third-order valence-electron chi connectivity index (χ3n) is 2.28. The van der Waals surface area contributed by atoms with E-state index in [0.717, 1.165) is 0 Å². The molecule has 0 bridgehead atoms. The molecule has 1 aromatic rings. The third kappa shape index (κ3) is 1.95. The molecule has 2 rings (SSSR count). The van der Waals surface area contributed by atoms with Gasteiger partial charge in [0.2, 0.25) is 6.43 Å². The van der Waals surface area contributed by atoms with E-state index in [0.29, 0.717) is 17.1 Å². The lowest BCUT2D eigenvalue weighted by molar-refractivity contribution is 0.121. The van der Waals surface area contributed by atoms with Crippen molar-refractivity contribution in [3.8, 4) is 0 Å². The van der Waals surface area contributed by atoms with Gasteiger partial charge in [-0.25, -0.2) is 8.78 Å². The summed E-state index contributed by atoms with van der Waals surface area (Å²) in [6.45, 7) is 0. The molecule has 2 atom stereocenters. The maximum absolute atomic E-state index is 12.2. The Morgan fingerprint density at radius 3 is 2.93 bits per heavy atom. The largest absolute Gasteiger partial charge is 0.381 e. The maximum Gasteiger partial charge on any atom is 0.243 e. The second-order valence-electron chi connectivity index (χ2n) is 3.34. The zero-order valence-electron chi connectivity index (χ0n) is 7.25. The molecular formula is C9H9ClF2N2. The lowest BCUT2D eigenvalue weighted by Crippen LogP contribution is -2.09. The molecule has 1 fully saturated rings. The van der Waals surface area contributed by atoms with Crippen LogP contribution in [0.4, 0.5) is 14.5 Å². The summed E-state index contributed by atoms with van der Waals surface area (Å²) in [5.74, 6) is -0.528. The number of halogens is 3. The van der Waals surface area contributed by atoms with Gasteiger partial charge in [-0.05, 0) is 12.5 Å². The zero-order chi connectivity index (χ0) is 10.1. The SMILES string of the molecule is FC(F)[C@H]1C[C@@H]1Nc1ccncc1Cl. The molecule has 14 heavy (non-hydrogen) atoms. The van der Waals surface area contributed by atoms with Crippen molar-refractivity contribution in [1.29, 1.82) is 0 Å². The number of rotatable bonds is 3. The summed E-state index contributed by atoms with van der Waals surface area (Å²) in [5.41, 5.74) is 0.676. The van der Waals surface area contributed by atoms with Crippen LogP contribution in [-0.4, -0.2) is 17.5 Å². The zero-order valence-corrected chi connectivity index (χ0v) is 8.01. The van der Waals surface area contributed by atoms with Gasteiger partial charge in [0.25, 0.3) is 0 Å². The fraction of sp³-hybridized carbons (Fsp3) is 0.444. The van der Waals surface area contributed by atoms with Gasteiger partial charge in [0.05, 0.1) is 10.7 Å². The number of hydrogen-bond acceptors (Lipinski definition) is 2. The van der Waals surface area contributed by atoms with Gasteiger partial charge >= 0.3 is 0 Å². The van der Waals surface area contributed by atoms with Crippen LogP contribution in [0.5, 0.6) is 0 Å². The molecule has 1 aliphatic rings. The lowest BCUT2D eigenvalue weighted by atomic mass is 10.3. The third-order valence-corrected chi connectivity index (χ3v) is 2.58. The number of nitrogens with one attached hydrogen (secondary N) is 1.